The third-order valence-corrected chi connectivity index (χ3v) is 4.99. The normalized spacial score (nSPS) is 15.6. The van der Waals surface area contributed by atoms with Crippen molar-refractivity contribution in [2.24, 2.45) is 0 Å². The molecule has 3 rings (SSSR count). The fourth-order valence-electron chi connectivity index (χ4n) is 4.12. The van der Waals surface area contributed by atoms with E-state index in [4.69, 9.17) is 0 Å². The molecule has 0 heterocycles. The predicted octanol–water partition coefficient (Wildman–Crippen LogP) is 6.61. The predicted molar refractivity (Wildman–Crippen MR) is 105 cm³/mol. The minimum absolute atomic E-state index is 0.318. The summed E-state index contributed by atoms with van der Waals surface area (Å²) in [6.07, 6.45) is 9.45. The van der Waals surface area contributed by atoms with E-state index in [1.807, 2.05) is 12.2 Å². The quantitative estimate of drug-likeness (QED) is 0.545. The summed E-state index contributed by atoms with van der Waals surface area (Å²) in [4.78, 5) is 0. The maximum atomic E-state index is 4.14. The Kier molecular flexibility index (Phi) is 4.40. The van der Waals surface area contributed by atoms with E-state index in [9.17, 15) is 0 Å². The Morgan fingerprint density at radius 2 is 1.38 bits per heavy atom. The molecule has 0 aromatic heterocycles. The van der Waals surface area contributed by atoms with Crippen LogP contribution in [0.4, 0.5) is 0 Å². The monoisotopic (exact) mass is 312 g/mol. The first-order valence-corrected chi connectivity index (χ1v) is 8.57. The van der Waals surface area contributed by atoms with Gasteiger partial charge in [-0.25, -0.2) is 0 Å². The van der Waals surface area contributed by atoms with Gasteiger partial charge in [-0.1, -0.05) is 92.9 Å². The molecule has 0 fully saturated rings. The van der Waals surface area contributed by atoms with E-state index in [-0.39, 0.29) is 5.41 Å². The number of allylic oxidation sites excluding steroid dienone is 6. The Bertz CT molecular complexity index is 800. The second kappa shape index (κ2) is 6.49. The fourth-order valence-corrected chi connectivity index (χ4v) is 4.12. The van der Waals surface area contributed by atoms with Crippen molar-refractivity contribution in [2.45, 2.75) is 25.7 Å². The number of benzene rings is 2. The van der Waals surface area contributed by atoms with Crippen molar-refractivity contribution in [1.82, 2.24) is 0 Å². The topological polar surface area (TPSA) is 0 Å². The molecular formula is C24H24. The van der Waals surface area contributed by atoms with E-state index in [0.717, 1.165) is 6.42 Å². The summed E-state index contributed by atoms with van der Waals surface area (Å²) < 4.78 is 0. The molecule has 0 saturated carbocycles. The molecule has 2 aromatic rings. The molecule has 0 radical (unpaired) electrons. The minimum atomic E-state index is -0.318. The van der Waals surface area contributed by atoms with Gasteiger partial charge in [0.25, 0.3) is 0 Å². The molecule has 1 aliphatic carbocycles. The average molecular weight is 312 g/mol. The first-order valence-electron chi connectivity index (χ1n) is 8.57. The van der Waals surface area contributed by atoms with Crippen LogP contribution < -0.4 is 0 Å². The maximum absolute atomic E-state index is 4.14. The van der Waals surface area contributed by atoms with Crippen molar-refractivity contribution in [3.8, 4) is 11.1 Å². The highest BCUT2D eigenvalue weighted by Gasteiger charge is 2.46. The maximum Gasteiger partial charge on any atom is 0.0706 e. The van der Waals surface area contributed by atoms with Crippen LogP contribution in [-0.2, 0) is 5.41 Å². The van der Waals surface area contributed by atoms with Gasteiger partial charge in [0.15, 0.2) is 0 Å². The molecule has 0 aliphatic heterocycles. The zero-order chi connectivity index (χ0) is 17.2. The Balaban J connectivity index is 2.52. The van der Waals surface area contributed by atoms with Gasteiger partial charge < -0.3 is 0 Å². The lowest BCUT2D eigenvalue weighted by molar-refractivity contribution is 0.759. The van der Waals surface area contributed by atoms with Crippen LogP contribution in [0.5, 0.6) is 0 Å². The standard InChI is InChI=1S/C24H24/c1-5-13-19(8-4)24(18(6-2)7-3)22-16-11-9-14-20(22)21-15-10-12-17-23(21)24/h6-17H,2,4-5H2,1,3H3/b18-7+,19-13+. The number of fused-ring (bicyclic) bond motifs is 3. The molecule has 0 bridgehead atoms. The van der Waals surface area contributed by atoms with Crippen LogP contribution in [-0.4, -0.2) is 0 Å². The summed E-state index contributed by atoms with van der Waals surface area (Å²) in [5.41, 5.74) is 7.37. The first kappa shape index (κ1) is 16.3. The van der Waals surface area contributed by atoms with E-state index in [0.29, 0.717) is 0 Å². The van der Waals surface area contributed by atoms with Gasteiger partial charge in [-0.15, -0.1) is 0 Å². The molecular weight excluding hydrogens is 288 g/mol. The second-order valence-electron chi connectivity index (χ2n) is 6.06. The number of hydrogen-bond acceptors (Lipinski definition) is 0. The van der Waals surface area contributed by atoms with E-state index in [2.05, 4.69) is 87.7 Å². The van der Waals surface area contributed by atoms with Gasteiger partial charge in [0.2, 0.25) is 0 Å². The first-order chi connectivity index (χ1) is 11.7. The van der Waals surface area contributed by atoms with Crippen LogP contribution in [0.2, 0.25) is 0 Å². The summed E-state index contributed by atoms with van der Waals surface area (Å²) in [5.74, 6) is 0. The van der Waals surface area contributed by atoms with E-state index in [1.165, 1.54) is 33.4 Å². The third-order valence-electron chi connectivity index (χ3n) is 4.99. The highest BCUT2D eigenvalue weighted by atomic mass is 14.5. The molecule has 0 nitrogen and oxygen atoms in total. The molecule has 2 aromatic carbocycles. The van der Waals surface area contributed by atoms with E-state index >= 15 is 0 Å². The van der Waals surface area contributed by atoms with Crippen molar-refractivity contribution in [3.05, 3.63) is 108 Å². The van der Waals surface area contributed by atoms with Gasteiger partial charge in [-0.3, -0.25) is 0 Å². The summed E-state index contributed by atoms with van der Waals surface area (Å²) in [7, 11) is 0. The molecule has 0 spiro atoms. The molecule has 0 amide bonds. The molecule has 0 N–H and O–H groups in total. The lowest BCUT2D eigenvalue weighted by Crippen LogP contribution is -2.29. The lowest BCUT2D eigenvalue weighted by Gasteiger charge is -2.35. The van der Waals surface area contributed by atoms with Gasteiger partial charge in [-0.05, 0) is 46.7 Å². The summed E-state index contributed by atoms with van der Waals surface area (Å²) in [6, 6.07) is 17.4. The second-order valence-corrected chi connectivity index (χ2v) is 6.06. The van der Waals surface area contributed by atoms with Crippen LogP contribution in [0.3, 0.4) is 0 Å². The minimum Gasteiger partial charge on any atom is -0.0987 e. The Labute approximate surface area is 145 Å². The molecule has 0 saturated heterocycles. The highest BCUT2D eigenvalue weighted by Crippen LogP contribution is 2.56. The van der Waals surface area contributed by atoms with Crippen molar-refractivity contribution in [2.75, 3.05) is 0 Å². The molecule has 1 aliphatic rings. The molecule has 0 unspecified atom stereocenters. The van der Waals surface area contributed by atoms with Gasteiger partial charge >= 0.3 is 0 Å². The summed E-state index contributed by atoms with van der Waals surface area (Å²) >= 11 is 0. The molecule has 0 heteroatoms. The van der Waals surface area contributed by atoms with Gasteiger partial charge in [0.1, 0.15) is 0 Å². The van der Waals surface area contributed by atoms with Crippen molar-refractivity contribution in [3.63, 3.8) is 0 Å². The van der Waals surface area contributed by atoms with Crippen LogP contribution in [0.15, 0.2) is 97.1 Å². The van der Waals surface area contributed by atoms with Crippen molar-refractivity contribution >= 4 is 0 Å². The lowest BCUT2D eigenvalue weighted by atomic mass is 9.66. The van der Waals surface area contributed by atoms with E-state index in [1.54, 1.807) is 0 Å². The largest absolute Gasteiger partial charge is 0.0987 e. The van der Waals surface area contributed by atoms with Crippen LogP contribution >= 0.6 is 0 Å². The van der Waals surface area contributed by atoms with E-state index < -0.39 is 0 Å². The third kappa shape index (κ3) is 2.06. The summed E-state index contributed by atoms with van der Waals surface area (Å²) in [5, 5.41) is 0. The summed E-state index contributed by atoms with van der Waals surface area (Å²) in [6.45, 7) is 12.5. The number of hydrogen-bond donors (Lipinski definition) is 0. The molecule has 120 valence electrons. The Morgan fingerprint density at radius 3 is 1.79 bits per heavy atom. The zero-order valence-electron chi connectivity index (χ0n) is 14.5. The van der Waals surface area contributed by atoms with Crippen LogP contribution in [0, 0.1) is 0 Å². The highest BCUT2D eigenvalue weighted by molar-refractivity contribution is 5.86. The van der Waals surface area contributed by atoms with Crippen molar-refractivity contribution in [1.29, 1.82) is 0 Å². The van der Waals surface area contributed by atoms with Crippen molar-refractivity contribution < 1.29 is 0 Å². The smallest absolute Gasteiger partial charge is 0.0706 e. The van der Waals surface area contributed by atoms with Crippen LogP contribution in [0.25, 0.3) is 11.1 Å². The SMILES string of the molecule is C=C/C(=C\C)C1(/C(C=C)=C/CC)c2ccccc2-c2ccccc21. The van der Waals surface area contributed by atoms with Crippen LogP contribution in [0.1, 0.15) is 31.4 Å². The Hall–Kier alpha value is -2.60. The zero-order valence-corrected chi connectivity index (χ0v) is 14.5. The van der Waals surface area contributed by atoms with Gasteiger partial charge in [-0.2, -0.15) is 0 Å². The fraction of sp³-hybridized carbons (Fsp3) is 0.167. The van der Waals surface area contributed by atoms with Gasteiger partial charge in [0.05, 0.1) is 5.41 Å². The average Bonchev–Trinajstić information content (AvgIpc) is 2.93. The molecule has 24 heavy (non-hydrogen) atoms. The number of rotatable bonds is 5. The van der Waals surface area contributed by atoms with Gasteiger partial charge in [0, 0.05) is 0 Å². The molecule has 0 atom stereocenters. The Morgan fingerprint density at radius 1 is 0.875 bits per heavy atom.